The van der Waals surface area contributed by atoms with E-state index in [0.717, 1.165) is 28.4 Å². The van der Waals surface area contributed by atoms with Crippen molar-refractivity contribution in [1.82, 2.24) is 0 Å². The second-order valence-corrected chi connectivity index (χ2v) is 4.19. The monoisotopic (exact) mass is 254 g/mol. The van der Waals surface area contributed by atoms with Gasteiger partial charge in [0.05, 0.1) is 6.10 Å². The van der Waals surface area contributed by atoms with Gasteiger partial charge >= 0.3 is 0 Å². The van der Waals surface area contributed by atoms with Crippen LogP contribution in [0.3, 0.4) is 0 Å². The molecule has 0 amide bonds. The highest BCUT2D eigenvalue weighted by Crippen LogP contribution is 2.26. The highest BCUT2D eigenvalue weighted by Gasteiger charge is 2.10. The Morgan fingerprint density at radius 3 is 2.93 bits per heavy atom. The third-order valence-corrected chi connectivity index (χ3v) is 3.17. The van der Waals surface area contributed by atoms with E-state index < -0.39 is 0 Å². The minimum Gasteiger partial charge on any atom is -0.388 e. The largest absolute Gasteiger partial charge is 0.388 e. The average Bonchev–Trinajstić information content (AvgIpc) is 2.18. The summed E-state index contributed by atoms with van der Waals surface area (Å²) in [6.07, 6.45) is 3.02. The minimum absolute atomic E-state index is 0.384. The predicted octanol–water partition coefficient (Wildman–Crippen LogP) is 3.76. The fourth-order valence-electron chi connectivity index (χ4n) is 1.42. The molecule has 76 valence electrons. The minimum atomic E-state index is -0.384. The molecule has 1 N–H and O–H groups in total. The van der Waals surface area contributed by atoms with E-state index in [2.05, 4.69) is 22.5 Å². The number of aliphatic hydroxyl groups is 1. The van der Waals surface area contributed by atoms with Crippen molar-refractivity contribution >= 4 is 15.9 Å². The molecule has 0 saturated carbocycles. The van der Waals surface area contributed by atoms with Crippen LogP contribution < -0.4 is 0 Å². The van der Waals surface area contributed by atoms with Crippen LogP contribution in [-0.4, -0.2) is 5.11 Å². The first-order chi connectivity index (χ1) is 6.66. The molecule has 0 heterocycles. The summed E-state index contributed by atoms with van der Waals surface area (Å²) in [6, 6.07) is 5.90. The lowest BCUT2D eigenvalue weighted by Gasteiger charge is -2.13. The number of allylic oxidation sites excluding steroid dienone is 1. The molecule has 1 unspecified atom stereocenters. The van der Waals surface area contributed by atoms with Crippen LogP contribution in [0.1, 0.15) is 30.1 Å². The van der Waals surface area contributed by atoms with Gasteiger partial charge in [0.1, 0.15) is 0 Å². The second kappa shape index (κ2) is 5.32. The summed E-state index contributed by atoms with van der Waals surface area (Å²) in [5, 5.41) is 9.89. The summed E-state index contributed by atoms with van der Waals surface area (Å²) < 4.78 is 1.05. The molecule has 0 aliphatic heterocycles. The van der Waals surface area contributed by atoms with Gasteiger partial charge in [-0.3, -0.25) is 0 Å². The Balaban J connectivity index is 2.83. The smallest absolute Gasteiger partial charge is 0.0796 e. The summed E-state index contributed by atoms with van der Waals surface area (Å²) in [7, 11) is 0. The van der Waals surface area contributed by atoms with Crippen molar-refractivity contribution in [3.8, 4) is 0 Å². The maximum Gasteiger partial charge on any atom is 0.0796 e. The quantitative estimate of drug-likeness (QED) is 0.812. The van der Waals surface area contributed by atoms with E-state index in [1.165, 1.54) is 0 Å². The van der Waals surface area contributed by atoms with Crippen LogP contribution in [-0.2, 0) is 0 Å². The first kappa shape index (κ1) is 11.5. The summed E-state index contributed by atoms with van der Waals surface area (Å²) in [5.41, 5.74) is 2.12. The van der Waals surface area contributed by atoms with E-state index in [1.54, 1.807) is 0 Å². The van der Waals surface area contributed by atoms with Crippen molar-refractivity contribution in [1.29, 1.82) is 0 Å². The van der Waals surface area contributed by atoms with Gasteiger partial charge in [-0.2, -0.15) is 0 Å². The van der Waals surface area contributed by atoms with Gasteiger partial charge in [0.2, 0.25) is 0 Å². The summed E-state index contributed by atoms with van der Waals surface area (Å²) >= 11 is 3.45. The van der Waals surface area contributed by atoms with Gasteiger partial charge in [-0.15, -0.1) is 6.58 Å². The summed E-state index contributed by atoms with van der Waals surface area (Å²) in [4.78, 5) is 0. The van der Waals surface area contributed by atoms with Crippen molar-refractivity contribution in [2.24, 2.45) is 0 Å². The lowest BCUT2D eigenvalue weighted by atomic mass is 10.0. The third kappa shape index (κ3) is 2.69. The number of benzene rings is 1. The molecule has 1 nitrogen and oxygen atoms in total. The van der Waals surface area contributed by atoms with Crippen LogP contribution in [0.4, 0.5) is 0 Å². The fourth-order valence-corrected chi connectivity index (χ4v) is 1.80. The lowest BCUT2D eigenvalue weighted by molar-refractivity contribution is 0.168. The topological polar surface area (TPSA) is 20.2 Å². The highest BCUT2D eigenvalue weighted by atomic mass is 79.9. The fraction of sp³-hybridized carbons (Fsp3) is 0.333. The van der Waals surface area contributed by atoms with Crippen LogP contribution in [0, 0.1) is 6.92 Å². The molecule has 0 bridgehead atoms. The van der Waals surface area contributed by atoms with Gasteiger partial charge < -0.3 is 5.11 Å². The zero-order valence-corrected chi connectivity index (χ0v) is 9.92. The lowest BCUT2D eigenvalue weighted by Crippen LogP contribution is -1.99. The van der Waals surface area contributed by atoms with Crippen molar-refractivity contribution in [3.05, 3.63) is 46.5 Å². The zero-order valence-electron chi connectivity index (χ0n) is 8.33. The van der Waals surface area contributed by atoms with E-state index >= 15 is 0 Å². The molecule has 14 heavy (non-hydrogen) atoms. The van der Waals surface area contributed by atoms with E-state index in [0.29, 0.717) is 0 Å². The number of halogens is 1. The maximum absolute atomic E-state index is 9.89. The van der Waals surface area contributed by atoms with Crippen LogP contribution in [0.2, 0.25) is 0 Å². The molecule has 1 rings (SSSR count). The normalized spacial score (nSPS) is 12.5. The second-order valence-electron chi connectivity index (χ2n) is 3.34. The number of rotatable bonds is 4. The van der Waals surface area contributed by atoms with E-state index in [4.69, 9.17) is 0 Å². The van der Waals surface area contributed by atoms with Crippen molar-refractivity contribution < 1.29 is 5.11 Å². The highest BCUT2D eigenvalue weighted by molar-refractivity contribution is 9.10. The molecule has 1 aromatic carbocycles. The first-order valence-corrected chi connectivity index (χ1v) is 5.50. The van der Waals surface area contributed by atoms with Crippen LogP contribution >= 0.6 is 15.9 Å². The van der Waals surface area contributed by atoms with Crippen molar-refractivity contribution in [2.75, 3.05) is 0 Å². The molecule has 0 saturated heterocycles. The van der Waals surface area contributed by atoms with E-state index in [-0.39, 0.29) is 6.10 Å². The molecule has 1 aromatic rings. The Kier molecular flexibility index (Phi) is 4.36. The van der Waals surface area contributed by atoms with Gasteiger partial charge in [0, 0.05) is 4.47 Å². The van der Waals surface area contributed by atoms with Gasteiger partial charge in [-0.1, -0.05) is 34.1 Å². The SMILES string of the molecule is C=CCCC(O)c1cccc(Br)c1C. The van der Waals surface area contributed by atoms with Crippen LogP contribution in [0.5, 0.6) is 0 Å². The number of hydrogen-bond acceptors (Lipinski definition) is 1. The van der Waals surface area contributed by atoms with E-state index in [1.807, 2.05) is 31.2 Å². The van der Waals surface area contributed by atoms with Gasteiger partial charge in [0.15, 0.2) is 0 Å². The number of aliphatic hydroxyl groups excluding tert-OH is 1. The molecule has 1 atom stereocenters. The number of hydrogen-bond donors (Lipinski definition) is 1. The van der Waals surface area contributed by atoms with Crippen LogP contribution in [0.25, 0.3) is 0 Å². The summed E-state index contributed by atoms with van der Waals surface area (Å²) in [5.74, 6) is 0. The van der Waals surface area contributed by atoms with Gasteiger partial charge in [-0.25, -0.2) is 0 Å². The van der Waals surface area contributed by atoms with Crippen LogP contribution in [0.15, 0.2) is 35.3 Å². The average molecular weight is 255 g/mol. The molecule has 0 aliphatic rings. The van der Waals surface area contributed by atoms with Gasteiger partial charge in [0.25, 0.3) is 0 Å². The Hall–Kier alpha value is -0.600. The molecule has 0 aliphatic carbocycles. The molecule has 0 radical (unpaired) electrons. The molecular formula is C12H15BrO. The molecule has 0 aromatic heterocycles. The molecule has 0 fully saturated rings. The zero-order chi connectivity index (χ0) is 10.6. The molecule has 2 heteroatoms. The maximum atomic E-state index is 9.89. The predicted molar refractivity (Wildman–Crippen MR) is 63.3 cm³/mol. The Bertz CT molecular complexity index is 320. The van der Waals surface area contributed by atoms with E-state index in [9.17, 15) is 5.11 Å². The van der Waals surface area contributed by atoms with Crippen molar-refractivity contribution in [2.45, 2.75) is 25.9 Å². The van der Waals surface area contributed by atoms with Gasteiger partial charge in [-0.05, 0) is 37.0 Å². The Labute approximate surface area is 93.6 Å². The third-order valence-electron chi connectivity index (χ3n) is 2.31. The Morgan fingerprint density at radius 1 is 1.57 bits per heavy atom. The standard InChI is InChI=1S/C12H15BrO/c1-3-4-8-12(14)10-6-5-7-11(13)9(10)2/h3,5-7,12,14H,1,4,8H2,2H3. The van der Waals surface area contributed by atoms with Crippen molar-refractivity contribution in [3.63, 3.8) is 0 Å². The molecule has 0 spiro atoms. The summed E-state index contributed by atoms with van der Waals surface area (Å²) in [6.45, 7) is 5.66. The first-order valence-electron chi connectivity index (χ1n) is 4.70. The Morgan fingerprint density at radius 2 is 2.29 bits per heavy atom. The molecular weight excluding hydrogens is 240 g/mol.